The van der Waals surface area contributed by atoms with E-state index in [9.17, 15) is 8.42 Å². The maximum atomic E-state index is 12.5. The molecule has 21 heavy (non-hydrogen) atoms. The molecule has 0 radical (unpaired) electrons. The maximum Gasteiger partial charge on any atom is 0.244 e. The smallest absolute Gasteiger partial charge is 0.244 e. The molecule has 0 unspecified atom stereocenters. The van der Waals surface area contributed by atoms with Crippen LogP contribution in [0, 0.1) is 19.8 Å². The van der Waals surface area contributed by atoms with E-state index in [2.05, 4.69) is 29.0 Å². The van der Waals surface area contributed by atoms with Gasteiger partial charge in [-0.25, -0.2) is 13.1 Å². The molecule has 122 valence electrons. The molecule has 0 aliphatic carbocycles. The van der Waals surface area contributed by atoms with Crippen molar-refractivity contribution in [3.8, 4) is 0 Å². The van der Waals surface area contributed by atoms with Crippen LogP contribution in [0.5, 0.6) is 0 Å². The Bertz CT molecular complexity index is 564. The van der Waals surface area contributed by atoms with Crippen LogP contribution >= 0.6 is 0 Å². The highest BCUT2D eigenvalue weighted by Crippen LogP contribution is 2.20. The van der Waals surface area contributed by atoms with Crippen molar-refractivity contribution < 1.29 is 8.42 Å². The predicted molar refractivity (Wildman–Crippen MR) is 84.9 cm³/mol. The van der Waals surface area contributed by atoms with Crippen molar-refractivity contribution in [2.45, 2.75) is 59.0 Å². The van der Waals surface area contributed by atoms with E-state index in [4.69, 9.17) is 0 Å². The molecular weight excluding hydrogens is 288 g/mol. The minimum atomic E-state index is -3.52. The summed E-state index contributed by atoms with van der Waals surface area (Å²) in [6.45, 7) is 13.6. The molecule has 0 fully saturated rings. The Balaban J connectivity index is 2.95. The number of aryl methyl sites for hydroxylation is 1. The third kappa shape index (κ3) is 4.79. The standard InChI is InChI=1S/C14H28N4O2S/c1-7-15-11(4)8-16-21(19,20)14-12(5)17-18(13(14)6)9-10(2)3/h10-11,15-16H,7-9H2,1-6H3/t11-/m1/s1. The summed E-state index contributed by atoms with van der Waals surface area (Å²) in [4.78, 5) is 0.312. The summed E-state index contributed by atoms with van der Waals surface area (Å²) in [7, 11) is -3.52. The SMILES string of the molecule is CCN[C@H](C)CNS(=O)(=O)c1c(C)nn(CC(C)C)c1C. The van der Waals surface area contributed by atoms with Crippen molar-refractivity contribution in [2.75, 3.05) is 13.1 Å². The molecule has 1 aromatic rings. The Kier molecular flexibility index (Phi) is 6.37. The Morgan fingerprint density at radius 3 is 2.38 bits per heavy atom. The van der Waals surface area contributed by atoms with Gasteiger partial charge in [-0.1, -0.05) is 20.8 Å². The fourth-order valence-corrected chi connectivity index (χ4v) is 3.86. The first-order valence-corrected chi connectivity index (χ1v) is 8.94. The van der Waals surface area contributed by atoms with Gasteiger partial charge in [0.05, 0.1) is 11.4 Å². The van der Waals surface area contributed by atoms with Crippen molar-refractivity contribution in [3.63, 3.8) is 0 Å². The van der Waals surface area contributed by atoms with Gasteiger partial charge in [-0.05, 0) is 33.2 Å². The fourth-order valence-electron chi connectivity index (χ4n) is 2.32. The average molecular weight is 316 g/mol. The molecule has 0 bridgehead atoms. The van der Waals surface area contributed by atoms with Gasteiger partial charge in [0.15, 0.2) is 0 Å². The number of hydrogen-bond donors (Lipinski definition) is 2. The van der Waals surface area contributed by atoms with Gasteiger partial charge in [0.25, 0.3) is 0 Å². The van der Waals surface area contributed by atoms with Crippen molar-refractivity contribution in [1.29, 1.82) is 0 Å². The zero-order valence-corrected chi connectivity index (χ0v) is 14.7. The number of nitrogens with zero attached hydrogens (tertiary/aromatic N) is 2. The number of nitrogens with one attached hydrogen (secondary N) is 2. The minimum Gasteiger partial charge on any atom is -0.313 e. The first-order chi connectivity index (χ1) is 9.69. The zero-order chi connectivity index (χ0) is 16.2. The number of hydrogen-bond acceptors (Lipinski definition) is 4. The molecule has 0 saturated carbocycles. The molecule has 2 N–H and O–H groups in total. The lowest BCUT2D eigenvalue weighted by Crippen LogP contribution is -2.39. The summed E-state index contributed by atoms with van der Waals surface area (Å²) in [5.74, 6) is 0.417. The Hall–Kier alpha value is -0.920. The molecule has 0 aliphatic heterocycles. The number of sulfonamides is 1. The Morgan fingerprint density at radius 1 is 1.24 bits per heavy atom. The van der Waals surface area contributed by atoms with Crippen LogP contribution in [-0.4, -0.2) is 37.3 Å². The predicted octanol–water partition coefficient (Wildman–Crippen LogP) is 1.43. The molecular formula is C14H28N4O2S. The summed E-state index contributed by atoms with van der Waals surface area (Å²) < 4.78 is 29.4. The van der Waals surface area contributed by atoms with E-state index in [1.54, 1.807) is 11.6 Å². The lowest BCUT2D eigenvalue weighted by molar-refractivity contribution is 0.471. The molecule has 1 atom stereocenters. The third-order valence-electron chi connectivity index (χ3n) is 3.25. The number of rotatable bonds is 8. The Morgan fingerprint density at radius 2 is 1.86 bits per heavy atom. The van der Waals surface area contributed by atoms with Crippen LogP contribution in [0.4, 0.5) is 0 Å². The molecule has 1 aromatic heterocycles. The van der Waals surface area contributed by atoms with E-state index >= 15 is 0 Å². The van der Waals surface area contributed by atoms with E-state index in [1.165, 1.54) is 0 Å². The first-order valence-electron chi connectivity index (χ1n) is 7.46. The molecule has 7 heteroatoms. The van der Waals surface area contributed by atoms with Gasteiger partial charge in [0.2, 0.25) is 10.0 Å². The summed E-state index contributed by atoms with van der Waals surface area (Å²) in [6, 6.07) is 0.0936. The molecule has 0 aromatic carbocycles. The van der Waals surface area contributed by atoms with Crippen LogP contribution in [-0.2, 0) is 16.6 Å². The van der Waals surface area contributed by atoms with Gasteiger partial charge < -0.3 is 5.32 Å². The van der Waals surface area contributed by atoms with Gasteiger partial charge in [-0.3, -0.25) is 4.68 Å². The molecule has 1 heterocycles. The lowest BCUT2D eigenvalue weighted by atomic mass is 10.2. The summed E-state index contributed by atoms with van der Waals surface area (Å²) in [6.07, 6.45) is 0. The van der Waals surface area contributed by atoms with Crippen LogP contribution in [0.1, 0.15) is 39.1 Å². The van der Waals surface area contributed by atoms with E-state index in [-0.39, 0.29) is 6.04 Å². The van der Waals surface area contributed by atoms with Crippen LogP contribution in [0.3, 0.4) is 0 Å². The monoisotopic (exact) mass is 316 g/mol. The van der Waals surface area contributed by atoms with Gasteiger partial charge in [-0.2, -0.15) is 5.10 Å². The van der Waals surface area contributed by atoms with Crippen molar-refractivity contribution >= 4 is 10.0 Å². The van der Waals surface area contributed by atoms with Crippen LogP contribution < -0.4 is 10.0 Å². The van der Waals surface area contributed by atoms with Gasteiger partial charge in [-0.15, -0.1) is 0 Å². The van der Waals surface area contributed by atoms with Gasteiger partial charge >= 0.3 is 0 Å². The third-order valence-corrected chi connectivity index (χ3v) is 4.93. The number of likely N-dealkylation sites (N-methyl/N-ethyl adjacent to an activating group) is 1. The Labute approximate surface area is 128 Å². The zero-order valence-electron chi connectivity index (χ0n) is 13.9. The van der Waals surface area contributed by atoms with E-state index in [1.807, 2.05) is 20.8 Å². The summed E-state index contributed by atoms with van der Waals surface area (Å²) in [5.41, 5.74) is 1.25. The lowest BCUT2D eigenvalue weighted by Gasteiger charge is -2.14. The van der Waals surface area contributed by atoms with Crippen LogP contribution in [0.2, 0.25) is 0 Å². The minimum absolute atomic E-state index is 0.0936. The molecule has 1 rings (SSSR count). The van der Waals surface area contributed by atoms with E-state index in [0.717, 1.165) is 13.1 Å². The molecule has 0 saturated heterocycles. The highest BCUT2D eigenvalue weighted by atomic mass is 32.2. The normalized spacial score (nSPS) is 13.9. The molecule has 0 amide bonds. The van der Waals surface area contributed by atoms with E-state index < -0.39 is 10.0 Å². The molecule has 0 spiro atoms. The second-order valence-electron chi connectivity index (χ2n) is 5.89. The van der Waals surface area contributed by atoms with Crippen LogP contribution in [0.25, 0.3) is 0 Å². The quantitative estimate of drug-likeness (QED) is 0.761. The first kappa shape index (κ1) is 18.1. The maximum absolute atomic E-state index is 12.5. The summed E-state index contributed by atoms with van der Waals surface area (Å²) in [5, 5.41) is 7.54. The van der Waals surface area contributed by atoms with Crippen LogP contribution in [0.15, 0.2) is 4.90 Å². The average Bonchev–Trinajstić information content (AvgIpc) is 2.62. The van der Waals surface area contributed by atoms with Crippen molar-refractivity contribution in [2.24, 2.45) is 5.92 Å². The fraction of sp³-hybridized carbons (Fsp3) is 0.786. The second kappa shape index (κ2) is 7.38. The van der Waals surface area contributed by atoms with Gasteiger partial charge in [0, 0.05) is 19.1 Å². The van der Waals surface area contributed by atoms with Crippen molar-refractivity contribution in [3.05, 3.63) is 11.4 Å². The highest BCUT2D eigenvalue weighted by Gasteiger charge is 2.24. The molecule has 0 aliphatic rings. The second-order valence-corrected chi connectivity index (χ2v) is 7.59. The topological polar surface area (TPSA) is 76.0 Å². The largest absolute Gasteiger partial charge is 0.313 e. The van der Waals surface area contributed by atoms with E-state index in [0.29, 0.717) is 28.7 Å². The highest BCUT2D eigenvalue weighted by molar-refractivity contribution is 7.89. The van der Waals surface area contributed by atoms with Crippen molar-refractivity contribution in [1.82, 2.24) is 19.8 Å². The summed E-state index contributed by atoms with van der Waals surface area (Å²) >= 11 is 0. The van der Waals surface area contributed by atoms with Gasteiger partial charge in [0.1, 0.15) is 4.90 Å². The number of aromatic nitrogens is 2. The molecule has 6 nitrogen and oxygen atoms in total.